The molecular formula is C24H44O24. The van der Waals surface area contributed by atoms with E-state index in [0.29, 0.717) is 0 Å². The highest BCUT2D eigenvalue weighted by atomic mass is 16.7. The largest absolute Gasteiger partial charge is 0.479 e. The predicted octanol–water partition coefficient (Wildman–Crippen LogP) is -11.3. The summed E-state index contributed by atoms with van der Waals surface area (Å²) in [6, 6.07) is 0. The molecule has 2 aliphatic heterocycles. The molecule has 0 aromatic heterocycles. The Kier molecular flexibility index (Phi) is 18.5. The number of ether oxygens (including phenoxy) is 4. The molecule has 2 heterocycles. The molecule has 0 bridgehead atoms. The van der Waals surface area contributed by atoms with Crippen molar-refractivity contribution in [3.05, 3.63) is 0 Å². The van der Waals surface area contributed by atoms with E-state index < -0.39 is 149 Å². The molecule has 0 aliphatic carbocycles. The fraction of sp³-hybridized carbons (Fsp3) is 0.917. The molecule has 0 saturated carbocycles. The van der Waals surface area contributed by atoms with E-state index in [4.69, 9.17) is 49.6 Å². The van der Waals surface area contributed by atoms with Gasteiger partial charge >= 0.3 is 11.9 Å². The van der Waals surface area contributed by atoms with Crippen molar-refractivity contribution >= 4 is 11.9 Å². The summed E-state index contributed by atoms with van der Waals surface area (Å²) in [4.78, 5) is 21.4. The number of hydrogen-bond donors (Lipinski definition) is 18. The predicted molar refractivity (Wildman–Crippen MR) is 143 cm³/mol. The van der Waals surface area contributed by atoms with Gasteiger partial charge in [0.2, 0.25) is 0 Å². The van der Waals surface area contributed by atoms with Crippen LogP contribution in [0.3, 0.4) is 0 Å². The van der Waals surface area contributed by atoms with Crippen LogP contribution >= 0.6 is 0 Å². The zero-order valence-corrected chi connectivity index (χ0v) is 24.7. The first-order valence-electron chi connectivity index (χ1n) is 14.0. The van der Waals surface area contributed by atoms with Crippen molar-refractivity contribution in [1.82, 2.24) is 0 Å². The molecule has 18 atom stereocenters. The molecule has 0 amide bonds. The molecule has 2 aliphatic rings. The fourth-order valence-electron chi connectivity index (χ4n) is 4.33. The van der Waals surface area contributed by atoms with Crippen LogP contribution in [0, 0.1) is 0 Å². The number of carbonyl (C=O) groups is 2. The normalized spacial score (nSPS) is 35.9. The molecule has 2 saturated heterocycles. The van der Waals surface area contributed by atoms with Gasteiger partial charge in [-0.15, -0.1) is 0 Å². The van der Waals surface area contributed by atoms with Crippen LogP contribution in [0.5, 0.6) is 0 Å². The molecule has 0 aromatic rings. The lowest BCUT2D eigenvalue weighted by Gasteiger charge is -2.42. The smallest absolute Gasteiger partial charge is 0.335 e. The van der Waals surface area contributed by atoms with Crippen LogP contribution in [0.25, 0.3) is 0 Å². The lowest BCUT2D eigenvalue weighted by Crippen LogP contribution is -2.61. The summed E-state index contributed by atoms with van der Waals surface area (Å²) in [6.45, 7) is -3.52. The fourth-order valence-corrected chi connectivity index (χ4v) is 4.33. The summed E-state index contributed by atoms with van der Waals surface area (Å²) >= 11 is 0. The second-order valence-corrected chi connectivity index (χ2v) is 10.6. The maximum atomic E-state index is 10.7. The van der Waals surface area contributed by atoms with Crippen molar-refractivity contribution in [3.8, 4) is 0 Å². The molecule has 18 N–H and O–H groups in total. The minimum absolute atomic E-state index is 0.766. The second-order valence-electron chi connectivity index (χ2n) is 10.6. The summed E-state index contributed by atoms with van der Waals surface area (Å²) in [6.07, 6.45) is -33.9. The highest BCUT2D eigenvalue weighted by Gasteiger charge is 2.49. The number of hydrogen-bond acceptors (Lipinski definition) is 22. The average molecular weight is 717 g/mol. The maximum absolute atomic E-state index is 10.7. The molecule has 0 aromatic carbocycles. The van der Waals surface area contributed by atoms with Crippen LogP contribution in [0.4, 0.5) is 0 Å². The monoisotopic (exact) mass is 716 g/mol. The van der Waals surface area contributed by atoms with Gasteiger partial charge < -0.3 is 111 Å². The van der Waals surface area contributed by atoms with E-state index in [1.807, 2.05) is 0 Å². The van der Waals surface area contributed by atoms with Crippen LogP contribution in [0.2, 0.25) is 0 Å². The number of aliphatic hydroxyl groups is 16. The first-order valence-corrected chi connectivity index (χ1v) is 14.0. The highest BCUT2D eigenvalue weighted by molar-refractivity contribution is 5.73. The second kappa shape index (κ2) is 20.1. The minimum atomic E-state index is -2.39. The number of rotatable bonds is 16. The molecule has 0 spiro atoms. The SMILES string of the molecule is O=C(O)[C@H](O)[C@@H](O)[C@H](O[C@@H]1O[C@H](CO)[C@H](O)[C@H](O)[C@H]1O)[C@H](O)CO.O=C(O)[C@H](O)[C@@H](O)[C@H](O[C@@H]1O[C@H](CO)[C@H](O)[C@H](O)[C@H]1O)[C@H](O)CO. The molecule has 0 radical (unpaired) electrons. The molecule has 284 valence electrons. The van der Waals surface area contributed by atoms with Gasteiger partial charge in [-0.25, -0.2) is 9.59 Å². The molecular weight excluding hydrogens is 672 g/mol. The van der Waals surface area contributed by atoms with E-state index in [1.165, 1.54) is 0 Å². The van der Waals surface area contributed by atoms with Crippen LogP contribution < -0.4 is 0 Å². The summed E-state index contributed by atoms with van der Waals surface area (Å²) < 4.78 is 20.0. The molecule has 2 fully saturated rings. The summed E-state index contributed by atoms with van der Waals surface area (Å²) in [5.41, 5.74) is 0. The van der Waals surface area contributed by atoms with Crippen molar-refractivity contribution in [2.45, 2.75) is 110 Å². The molecule has 48 heavy (non-hydrogen) atoms. The zero-order valence-electron chi connectivity index (χ0n) is 24.7. The van der Waals surface area contributed by atoms with Gasteiger partial charge in [-0.05, 0) is 0 Å². The number of carboxylic acid groups (broad SMARTS) is 2. The lowest BCUT2D eigenvalue weighted by molar-refractivity contribution is -0.326. The number of aliphatic carboxylic acids is 2. The molecule has 0 unspecified atom stereocenters. The molecule has 2 rings (SSSR count). The van der Waals surface area contributed by atoms with Gasteiger partial charge in [-0.3, -0.25) is 0 Å². The van der Waals surface area contributed by atoms with Gasteiger partial charge in [0.25, 0.3) is 0 Å². The third-order valence-corrected chi connectivity index (χ3v) is 7.24. The van der Waals surface area contributed by atoms with Gasteiger partial charge in [0.15, 0.2) is 24.8 Å². The first-order chi connectivity index (χ1) is 22.3. The van der Waals surface area contributed by atoms with Gasteiger partial charge in [0.1, 0.15) is 85.5 Å². The molecule has 24 heteroatoms. The van der Waals surface area contributed by atoms with Crippen LogP contribution in [0.15, 0.2) is 0 Å². The van der Waals surface area contributed by atoms with Crippen molar-refractivity contribution in [2.75, 3.05) is 26.4 Å². The van der Waals surface area contributed by atoms with Crippen molar-refractivity contribution in [1.29, 1.82) is 0 Å². The van der Waals surface area contributed by atoms with Gasteiger partial charge in [-0.2, -0.15) is 0 Å². The van der Waals surface area contributed by atoms with Gasteiger partial charge in [-0.1, -0.05) is 0 Å². The van der Waals surface area contributed by atoms with Gasteiger partial charge in [0, 0.05) is 0 Å². The Morgan fingerprint density at radius 2 is 0.812 bits per heavy atom. The Balaban J connectivity index is 0.000000480. The lowest BCUT2D eigenvalue weighted by atomic mass is 9.98. The van der Waals surface area contributed by atoms with Gasteiger partial charge in [0.05, 0.1) is 26.4 Å². The zero-order chi connectivity index (χ0) is 37.2. The quantitative estimate of drug-likeness (QED) is 0.0704. The Bertz CT molecular complexity index is 881. The maximum Gasteiger partial charge on any atom is 0.335 e. The van der Waals surface area contributed by atoms with Crippen LogP contribution in [0.1, 0.15) is 0 Å². The number of carboxylic acids is 2. The average Bonchev–Trinajstić information content (AvgIpc) is 3.07. The van der Waals surface area contributed by atoms with E-state index >= 15 is 0 Å². The Labute approximate surface area is 269 Å². The van der Waals surface area contributed by atoms with E-state index in [0.717, 1.165) is 0 Å². The van der Waals surface area contributed by atoms with Crippen molar-refractivity contribution in [3.63, 3.8) is 0 Å². The third-order valence-electron chi connectivity index (χ3n) is 7.24. The summed E-state index contributed by atoms with van der Waals surface area (Å²) in [7, 11) is 0. The molecule has 24 nitrogen and oxygen atoms in total. The highest BCUT2D eigenvalue weighted by Crippen LogP contribution is 2.26. The summed E-state index contributed by atoms with van der Waals surface area (Å²) in [5, 5.41) is 169. The van der Waals surface area contributed by atoms with E-state index in [-0.39, 0.29) is 0 Å². The van der Waals surface area contributed by atoms with Crippen molar-refractivity contribution in [2.24, 2.45) is 0 Å². The third kappa shape index (κ3) is 11.1. The van der Waals surface area contributed by atoms with Crippen LogP contribution in [-0.2, 0) is 28.5 Å². The topological polar surface area (TPSA) is 435 Å². The summed E-state index contributed by atoms with van der Waals surface area (Å²) in [5.74, 6) is -3.68. The van der Waals surface area contributed by atoms with E-state index in [9.17, 15) is 70.9 Å². The Morgan fingerprint density at radius 3 is 1.04 bits per heavy atom. The minimum Gasteiger partial charge on any atom is -0.479 e. The Morgan fingerprint density at radius 1 is 0.521 bits per heavy atom. The Hall–Kier alpha value is -1.86. The standard InChI is InChI=1S/2C12H22O12/c2*13-1-3(15)10(7(18)8(19)11(21)22)24-12-9(20)6(17)5(16)4(2-14)23-12/h2*3-10,12-20H,1-2H2,(H,21,22)/t2*3-,4-,5+,6+,7-,8-,9-,10-,12+/m11/s1. The van der Waals surface area contributed by atoms with E-state index in [2.05, 4.69) is 0 Å². The first kappa shape index (κ1) is 44.2. The van der Waals surface area contributed by atoms with Crippen LogP contribution in [-0.4, -0.2) is 241 Å². The van der Waals surface area contributed by atoms with E-state index in [1.54, 1.807) is 0 Å². The van der Waals surface area contributed by atoms with Crippen molar-refractivity contribution < 1.29 is 120 Å². The number of aliphatic hydroxyl groups excluding tert-OH is 16.